The van der Waals surface area contributed by atoms with E-state index in [1.165, 1.54) is 0 Å². The van der Waals surface area contributed by atoms with Crippen LogP contribution in [0.5, 0.6) is 0 Å². The number of nitrogens with one attached hydrogen (secondary N) is 1. The van der Waals surface area contributed by atoms with Crippen LogP contribution in [-0.4, -0.2) is 36.3 Å². The molecular formula is C16H20N2O2. The molecule has 4 heteroatoms. The molecule has 0 spiro atoms. The normalized spacial score (nSPS) is 15.7. The zero-order chi connectivity index (χ0) is 14.4. The highest BCUT2D eigenvalue weighted by molar-refractivity contribution is 5.94. The lowest BCUT2D eigenvalue weighted by molar-refractivity contribution is -0.126. The Kier molecular flexibility index (Phi) is 4.93. The largest absolute Gasteiger partial charge is 0.352 e. The van der Waals surface area contributed by atoms with Crippen LogP contribution in [0.1, 0.15) is 23.2 Å². The molecule has 20 heavy (non-hydrogen) atoms. The Hall–Kier alpha value is -2.10. The minimum atomic E-state index is 0.00905. The summed E-state index contributed by atoms with van der Waals surface area (Å²) in [6, 6.07) is 9.27. The molecule has 0 bridgehead atoms. The molecule has 1 N–H and O–H groups in total. The van der Waals surface area contributed by atoms with Gasteiger partial charge in [0.05, 0.1) is 0 Å². The van der Waals surface area contributed by atoms with Gasteiger partial charge in [0.2, 0.25) is 5.91 Å². The van der Waals surface area contributed by atoms with E-state index >= 15 is 0 Å². The fourth-order valence-corrected chi connectivity index (χ4v) is 2.43. The quantitative estimate of drug-likeness (QED) is 0.850. The van der Waals surface area contributed by atoms with Gasteiger partial charge in [-0.3, -0.25) is 9.59 Å². The van der Waals surface area contributed by atoms with E-state index in [0.29, 0.717) is 25.2 Å². The van der Waals surface area contributed by atoms with E-state index in [4.69, 9.17) is 0 Å². The van der Waals surface area contributed by atoms with E-state index in [0.717, 1.165) is 12.8 Å². The lowest BCUT2D eigenvalue weighted by atomic mass is 9.95. The van der Waals surface area contributed by atoms with Crippen LogP contribution in [0.4, 0.5) is 0 Å². The number of amides is 2. The Bertz CT molecular complexity index is 477. The molecule has 1 aliphatic heterocycles. The van der Waals surface area contributed by atoms with E-state index in [9.17, 15) is 9.59 Å². The topological polar surface area (TPSA) is 49.4 Å². The highest BCUT2D eigenvalue weighted by Gasteiger charge is 2.27. The molecule has 1 heterocycles. The van der Waals surface area contributed by atoms with Crippen LogP contribution in [0.3, 0.4) is 0 Å². The first-order chi connectivity index (χ1) is 9.72. The Labute approximate surface area is 119 Å². The summed E-state index contributed by atoms with van der Waals surface area (Å²) in [5, 5.41) is 2.82. The molecule has 106 valence electrons. The van der Waals surface area contributed by atoms with Gasteiger partial charge < -0.3 is 10.2 Å². The maximum atomic E-state index is 12.3. The van der Waals surface area contributed by atoms with Crippen molar-refractivity contribution in [2.75, 3.05) is 19.6 Å². The van der Waals surface area contributed by atoms with Crippen molar-refractivity contribution in [3.05, 3.63) is 48.6 Å². The van der Waals surface area contributed by atoms with Gasteiger partial charge in [0.1, 0.15) is 0 Å². The number of nitrogens with zero attached hydrogens (tertiary/aromatic N) is 1. The molecule has 2 rings (SSSR count). The van der Waals surface area contributed by atoms with Crippen molar-refractivity contribution in [2.45, 2.75) is 12.8 Å². The molecule has 0 radical (unpaired) electrons. The molecule has 1 fully saturated rings. The second kappa shape index (κ2) is 6.89. The third-order valence-electron chi connectivity index (χ3n) is 3.59. The average Bonchev–Trinajstić information content (AvgIpc) is 2.53. The lowest BCUT2D eigenvalue weighted by Gasteiger charge is -2.31. The average molecular weight is 272 g/mol. The zero-order valence-electron chi connectivity index (χ0n) is 11.5. The number of benzene rings is 1. The maximum Gasteiger partial charge on any atom is 0.253 e. The first-order valence-corrected chi connectivity index (χ1v) is 6.95. The first kappa shape index (κ1) is 14.3. The maximum absolute atomic E-state index is 12.3. The van der Waals surface area contributed by atoms with Crippen molar-refractivity contribution in [3.63, 3.8) is 0 Å². The molecule has 0 saturated carbocycles. The number of carbonyl (C=O) groups excluding carboxylic acids is 2. The summed E-state index contributed by atoms with van der Waals surface area (Å²) in [6.07, 6.45) is 3.12. The van der Waals surface area contributed by atoms with Gasteiger partial charge in [0, 0.05) is 31.1 Å². The highest BCUT2D eigenvalue weighted by atomic mass is 16.2. The Balaban J connectivity index is 1.86. The van der Waals surface area contributed by atoms with E-state index in [-0.39, 0.29) is 17.7 Å². The number of hydrogen-bond donors (Lipinski definition) is 1. The number of carbonyl (C=O) groups is 2. The summed E-state index contributed by atoms with van der Waals surface area (Å²) in [4.78, 5) is 25.9. The minimum Gasteiger partial charge on any atom is -0.352 e. The van der Waals surface area contributed by atoms with E-state index in [1.807, 2.05) is 35.2 Å². The molecule has 0 aromatic heterocycles. The van der Waals surface area contributed by atoms with Gasteiger partial charge in [-0.25, -0.2) is 0 Å². The van der Waals surface area contributed by atoms with Crippen molar-refractivity contribution in [1.82, 2.24) is 10.2 Å². The smallest absolute Gasteiger partial charge is 0.253 e. The van der Waals surface area contributed by atoms with Crippen molar-refractivity contribution in [2.24, 2.45) is 5.92 Å². The van der Waals surface area contributed by atoms with Gasteiger partial charge in [-0.1, -0.05) is 24.3 Å². The van der Waals surface area contributed by atoms with Gasteiger partial charge in [-0.05, 0) is 25.0 Å². The second-order valence-electron chi connectivity index (χ2n) is 4.97. The van der Waals surface area contributed by atoms with Crippen LogP contribution >= 0.6 is 0 Å². The minimum absolute atomic E-state index is 0.00905. The standard InChI is InChI=1S/C16H20N2O2/c1-2-10-17-15(19)13-8-11-18(12-9-13)16(20)14-6-4-3-5-7-14/h2-7,13H,1,8-12H2,(H,17,19). The van der Waals surface area contributed by atoms with Crippen LogP contribution in [-0.2, 0) is 4.79 Å². The van der Waals surface area contributed by atoms with Crippen LogP contribution in [0.2, 0.25) is 0 Å². The molecule has 1 aromatic carbocycles. The van der Waals surface area contributed by atoms with Gasteiger partial charge in [0.15, 0.2) is 0 Å². The van der Waals surface area contributed by atoms with Gasteiger partial charge in [-0.2, -0.15) is 0 Å². The number of likely N-dealkylation sites (tertiary alicyclic amines) is 1. The lowest BCUT2D eigenvalue weighted by Crippen LogP contribution is -2.43. The summed E-state index contributed by atoms with van der Waals surface area (Å²) in [7, 11) is 0. The van der Waals surface area contributed by atoms with Crippen molar-refractivity contribution >= 4 is 11.8 Å². The fourth-order valence-electron chi connectivity index (χ4n) is 2.43. The number of hydrogen-bond acceptors (Lipinski definition) is 2. The monoisotopic (exact) mass is 272 g/mol. The van der Waals surface area contributed by atoms with E-state index in [1.54, 1.807) is 6.08 Å². The summed E-state index contributed by atoms with van der Waals surface area (Å²) in [5.74, 6) is 0.127. The molecule has 1 saturated heterocycles. The van der Waals surface area contributed by atoms with E-state index < -0.39 is 0 Å². The summed E-state index contributed by atoms with van der Waals surface area (Å²) < 4.78 is 0. The van der Waals surface area contributed by atoms with Gasteiger partial charge >= 0.3 is 0 Å². The van der Waals surface area contributed by atoms with E-state index in [2.05, 4.69) is 11.9 Å². The third kappa shape index (κ3) is 3.47. The molecule has 4 nitrogen and oxygen atoms in total. The number of rotatable bonds is 4. The summed E-state index contributed by atoms with van der Waals surface area (Å²) >= 11 is 0. The summed E-state index contributed by atoms with van der Waals surface area (Å²) in [5.41, 5.74) is 0.710. The molecule has 1 aromatic rings. The number of piperidine rings is 1. The van der Waals surface area contributed by atoms with Crippen molar-refractivity contribution in [1.29, 1.82) is 0 Å². The third-order valence-corrected chi connectivity index (χ3v) is 3.59. The van der Waals surface area contributed by atoms with Gasteiger partial charge in [-0.15, -0.1) is 6.58 Å². The van der Waals surface area contributed by atoms with Gasteiger partial charge in [0.25, 0.3) is 5.91 Å². The molecule has 1 aliphatic rings. The van der Waals surface area contributed by atoms with Crippen molar-refractivity contribution in [3.8, 4) is 0 Å². The highest BCUT2D eigenvalue weighted by Crippen LogP contribution is 2.19. The molecule has 2 amide bonds. The Morgan fingerprint density at radius 3 is 2.50 bits per heavy atom. The van der Waals surface area contributed by atoms with Crippen LogP contribution in [0.15, 0.2) is 43.0 Å². The molecular weight excluding hydrogens is 252 g/mol. The molecule has 0 atom stereocenters. The Morgan fingerprint density at radius 2 is 1.90 bits per heavy atom. The second-order valence-corrected chi connectivity index (χ2v) is 4.97. The SMILES string of the molecule is C=CCNC(=O)C1CCN(C(=O)c2ccccc2)CC1. The molecule has 0 aliphatic carbocycles. The predicted molar refractivity (Wildman–Crippen MR) is 78.3 cm³/mol. The predicted octanol–water partition coefficient (Wildman–Crippen LogP) is 1.84. The fraction of sp³-hybridized carbons (Fsp3) is 0.375. The molecule has 0 unspecified atom stereocenters. The van der Waals surface area contributed by atoms with Crippen LogP contribution in [0.25, 0.3) is 0 Å². The van der Waals surface area contributed by atoms with Crippen molar-refractivity contribution < 1.29 is 9.59 Å². The Morgan fingerprint density at radius 1 is 1.25 bits per heavy atom. The van der Waals surface area contributed by atoms with Crippen LogP contribution in [0, 0.1) is 5.92 Å². The summed E-state index contributed by atoms with van der Waals surface area (Å²) in [6.45, 7) is 5.36. The van der Waals surface area contributed by atoms with Crippen LogP contribution < -0.4 is 5.32 Å². The first-order valence-electron chi connectivity index (χ1n) is 6.95. The zero-order valence-corrected chi connectivity index (χ0v) is 11.5.